The van der Waals surface area contributed by atoms with E-state index in [1.54, 1.807) is 11.3 Å². The monoisotopic (exact) mass is 324 g/mol. The molecule has 0 saturated carbocycles. The molecule has 0 amide bonds. The number of thiazole rings is 1. The summed E-state index contributed by atoms with van der Waals surface area (Å²) in [6.45, 7) is 5.68. The summed E-state index contributed by atoms with van der Waals surface area (Å²) in [6.07, 6.45) is 0.900. The molecule has 0 unspecified atom stereocenters. The lowest BCUT2D eigenvalue weighted by Gasteiger charge is -2.26. The van der Waals surface area contributed by atoms with Crippen molar-refractivity contribution in [3.63, 3.8) is 0 Å². The van der Waals surface area contributed by atoms with Crippen molar-refractivity contribution in [3.8, 4) is 0 Å². The summed E-state index contributed by atoms with van der Waals surface area (Å²) in [5.41, 5.74) is 2.53. The Morgan fingerprint density at radius 1 is 1.09 bits per heavy atom. The number of anilines is 1. The van der Waals surface area contributed by atoms with Crippen LogP contribution in [0.5, 0.6) is 0 Å². The molecule has 1 aromatic heterocycles. The van der Waals surface area contributed by atoms with E-state index in [2.05, 4.69) is 54.3 Å². The Hall–Kier alpha value is -1.91. The molecule has 1 aliphatic rings. The van der Waals surface area contributed by atoms with Crippen molar-refractivity contribution in [1.29, 1.82) is 0 Å². The molecule has 4 heteroatoms. The van der Waals surface area contributed by atoms with Crippen LogP contribution in [0.2, 0.25) is 0 Å². The van der Waals surface area contributed by atoms with Gasteiger partial charge in [-0.1, -0.05) is 42.5 Å². The summed E-state index contributed by atoms with van der Waals surface area (Å²) < 4.78 is 5.43. The second-order valence-corrected chi connectivity index (χ2v) is 7.14. The van der Waals surface area contributed by atoms with Crippen molar-refractivity contribution in [2.24, 2.45) is 0 Å². The van der Waals surface area contributed by atoms with Crippen LogP contribution >= 0.6 is 11.3 Å². The fourth-order valence-electron chi connectivity index (χ4n) is 3.01. The van der Waals surface area contributed by atoms with Gasteiger partial charge in [0.25, 0.3) is 0 Å². The van der Waals surface area contributed by atoms with Crippen molar-refractivity contribution in [2.45, 2.75) is 13.3 Å². The summed E-state index contributed by atoms with van der Waals surface area (Å²) >= 11 is 1.80. The van der Waals surface area contributed by atoms with E-state index >= 15 is 0 Å². The zero-order valence-electron chi connectivity index (χ0n) is 13.3. The highest BCUT2D eigenvalue weighted by molar-refractivity contribution is 7.15. The number of rotatable bonds is 3. The maximum absolute atomic E-state index is 5.43. The van der Waals surface area contributed by atoms with Crippen molar-refractivity contribution < 1.29 is 4.74 Å². The van der Waals surface area contributed by atoms with E-state index in [-0.39, 0.29) is 0 Å². The second-order valence-electron chi connectivity index (χ2n) is 5.96. The van der Waals surface area contributed by atoms with Crippen LogP contribution in [-0.2, 0) is 11.2 Å². The molecule has 2 heterocycles. The highest BCUT2D eigenvalue weighted by atomic mass is 32.1. The number of nitrogens with zero attached hydrogens (tertiary/aromatic N) is 2. The largest absolute Gasteiger partial charge is 0.378 e. The lowest BCUT2D eigenvalue weighted by molar-refractivity contribution is 0.122. The molecular weight excluding hydrogens is 304 g/mol. The maximum atomic E-state index is 5.43. The van der Waals surface area contributed by atoms with E-state index in [0.717, 1.165) is 37.9 Å². The predicted molar refractivity (Wildman–Crippen MR) is 96.6 cm³/mol. The molecule has 0 bridgehead atoms. The van der Waals surface area contributed by atoms with Gasteiger partial charge in [-0.2, -0.15) is 0 Å². The smallest absolute Gasteiger partial charge is 0.185 e. The molecule has 3 aromatic rings. The second kappa shape index (κ2) is 6.30. The number of ether oxygens (including phenoxy) is 1. The minimum Gasteiger partial charge on any atom is -0.378 e. The number of morpholine rings is 1. The summed E-state index contributed by atoms with van der Waals surface area (Å²) in [4.78, 5) is 8.56. The Labute approximate surface area is 140 Å². The number of aryl methyl sites for hydroxylation is 1. The maximum Gasteiger partial charge on any atom is 0.185 e. The number of aromatic nitrogens is 1. The molecule has 0 spiro atoms. The van der Waals surface area contributed by atoms with Gasteiger partial charge in [-0.05, 0) is 23.3 Å². The van der Waals surface area contributed by atoms with Crippen LogP contribution in [-0.4, -0.2) is 31.3 Å². The number of hydrogen-bond acceptors (Lipinski definition) is 4. The summed E-state index contributed by atoms with van der Waals surface area (Å²) in [7, 11) is 0. The fraction of sp³-hybridized carbons (Fsp3) is 0.316. The molecule has 0 radical (unpaired) electrons. The van der Waals surface area contributed by atoms with Crippen LogP contribution < -0.4 is 4.90 Å². The van der Waals surface area contributed by atoms with Gasteiger partial charge in [0.1, 0.15) is 0 Å². The van der Waals surface area contributed by atoms with Gasteiger partial charge < -0.3 is 9.64 Å². The van der Waals surface area contributed by atoms with E-state index in [9.17, 15) is 0 Å². The molecule has 118 valence electrons. The van der Waals surface area contributed by atoms with Gasteiger partial charge in [0.2, 0.25) is 0 Å². The molecule has 0 aliphatic carbocycles. The van der Waals surface area contributed by atoms with E-state index in [4.69, 9.17) is 9.72 Å². The normalized spacial score (nSPS) is 15.3. The van der Waals surface area contributed by atoms with Crippen LogP contribution in [0.25, 0.3) is 10.8 Å². The molecule has 0 atom stereocenters. The molecule has 0 N–H and O–H groups in total. The number of benzene rings is 2. The first kappa shape index (κ1) is 14.7. The van der Waals surface area contributed by atoms with Crippen molar-refractivity contribution in [3.05, 3.63) is 58.6 Å². The first-order valence-electron chi connectivity index (χ1n) is 8.06. The molecule has 2 aromatic carbocycles. The SMILES string of the molecule is Cc1sc(N2CCOCC2)nc1Cc1ccc2ccccc2c1. The third kappa shape index (κ3) is 3.09. The lowest BCUT2D eigenvalue weighted by atomic mass is 10.0. The topological polar surface area (TPSA) is 25.4 Å². The Morgan fingerprint density at radius 3 is 2.70 bits per heavy atom. The molecule has 3 nitrogen and oxygen atoms in total. The van der Waals surface area contributed by atoms with E-state index in [1.165, 1.54) is 26.9 Å². The zero-order chi connectivity index (χ0) is 15.6. The van der Waals surface area contributed by atoms with Crippen LogP contribution in [0.1, 0.15) is 16.1 Å². The third-order valence-corrected chi connectivity index (χ3v) is 5.42. The van der Waals surface area contributed by atoms with Gasteiger partial charge in [-0.3, -0.25) is 0 Å². The van der Waals surface area contributed by atoms with E-state index in [0.29, 0.717) is 0 Å². The standard InChI is InChI=1S/C19H20N2OS/c1-14-18(20-19(23-14)21-8-10-22-11-9-21)13-15-6-7-16-4-2-3-5-17(16)12-15/h2-7,12H,8-11,13H2,1H3. The van der Waals surface area contributed by atoms with Gasteiger partial charge >= 0.3 is 0 Å². The van der Waals surface area contributed by atoms with Crippen molar-refractivity contribution >= 4 is 27.2 Å². The average Bonchev–Trinajstić information content (AvgIpc) is 2.96. The fourth-order valence-corrected chi connectivity index (χ4v) is 3.99. The van der Waals surface area contributed by atoms with Crippen LogP contribution in [0.15, 0.2) is 42.5 Å². The van der Waals surface area contributed by atoms with Gasteiger partial charge in [0.05, 0.1) is 18.9 Å². The van der Waals surface area contributed by atoms with Gasteiger partial charge in [0.15, 0.2) is 5.13 Å². The van der Waals surface area contributed by atoms with Crippen molar-refractivity contribution in [2.75, 3.05) is 31.2 Å². The highest BCUT2D eigenvalue weighted by Gasteiger charge is 2.17. The van der Waals surface area contributed by atoms with Crippen LogP contribution in [0.4, 0.5) is 5.13 Å². The third-order valence-electron chi connectivity index (χ3n) is 4.35. The van der Waals surface area contributed by atoms with Gasteiger partial charge in [-0.15, -0.1) is 11.3 Å². The zero-order valence-corrected chi connectivity index (χ0v) is 14.1. The average molecular weight is 324 g/mol. The van der Waals surface area contributed by atoms with Gasteiger partial charge in [0, 0.05) is 24.4 Å². The van der Waals surface area contributed by atoms with E-state index in [1.807, 2.05) is 0 Å². The van der Waals surface area contributed by atoms with Crippen molar-refractivity contribution in [1.82, 2.24) is 4.98 Å². The Bertz CT molecular complexity index is 821. The molecule has 1 aliphatic heterocycles. The molecule has 1 fully saturated rings. The molecular formula is C19H20N2OS. The Morgan fingerprint density at radius 2 is 1.87 bits per heavy atom. The number of fused-ring (bicyclic) bond motifs is 1. The minimum absolute atomic E-state index is 0.804. The molecule has 1 saturated heterocycles. The summed E-state index contributed by atoms with van der Waals surface area (Å²) in [6, 6.07) is 15.2. The molecule has 4 rings (SSSR count). The summed E-state index contributed by atoms with van der Waals surface area (Å²) in [5.74, 6) is 0. The summed E-state index contributed by atoms with van der Waals surface area (Å²) in [5, 5.41) is 3.73. The van der Waals surface area contributed by atoms with Gasteiger partial charge in [-0.25, -0.2) is 4.98 Å². The Kier molecular flexibility index (Phi) is 4.02. The first-order valence-corrected chi connectivity index (χ1v) is 8.88. The minimum atomic E-state index is 0.804. The first-order chi connectivity index (χ1) is 11.3. The Balaban J connectivity index is 1.58. The quantitative estimate of drug-likeness (QED) is 0.727. The van der Waals surface area contributed by atoms with Crippen LogP contribution in [0.3, 0.4) is 0 Å². The molecule has 23 heavy (non-hydrogen) atoms. The number of hydrogen-bond donors (Lipinski definition) is 0. The van der Waals surface area contributed by atoms with E-state index < -0.39 is 0 Å². The highest BCUT2D eigenvalue weighted by Crippen LogP contribution is 2.28. The van der Waals surface area contributed by atoms with Crippen LogP contribution in [0, 0.1) is 6.92 Å². The predicted octanol–water partition coefficient (Wildman–Crippen LogP) is 4.03. The lowest BCUT2D eigenvalue weighted by Crippen LogP contribution is -2.36.